The van der Waals surface area contributed by atoms with E-state index < -0.39 is 0 Å². The van der Waals surface area contributed by atoms with E-state index in [1.54, 1.807) is 0 Å². The Hall–Kier alpha value is -0.890. The number of rotatable bonds is 3. The predicted octanol–water partition coefficient (Wildman–Crippen LogP) is 2.24. The molecule has 1 aliphatic carbocycles. The smallest absolute Gasteiger partial charge is 0.0572 e. The van der Waals surface area contributed by atoms with Crippen molar-refractivity contribution >= 4 is 0 Å². The monoisotopic (exact) mass is 176 g/mol. The standard InChI is InChI=1S/C11H16N2/c1-9(13(2)10-6-7-10)11-5-3-4-8-12-11/h3-5,8-10H,6-7H2,1-2H3. The third-order valence-corrected chi connectivity index (χ3v) is 2.85. The van der Waals surface area contributed by atoms with Crippen molar-refractivity contribution < 1.29 is 0 Å². The van der Waals surface area contributed by atoms with Gasteiger partial charge in [-0.1, -0.05) is 6.07 Å². The van der Waals surface area contributed by atoms with Gasteiger partial charge in [0, 0.05) is 18.3 Å². The van der Waals surface area contributed by atoms with E-state index in [9.17, 15) is 0 Å². The summed E-state index contributed by atoms with van der Waals surface area (Å²) in [7, 11) is 2.19. The maximum Gasteiger partial charge on any atom is 0.0572 e. The van der Waals surface area contributed by atoms with Crippen LogP contribution in [0.25, 0.3) is 0 Å². The molecule has 1 heterocycles. The second kappa shape index (κ2) is 3.46. The third-order valence-electron chi connectivity index (χ3n) is 2.85. The van der Waals surface area contributed by atoms with Gasteiger partial charge in [0.2, 0.25) is 0 Å². The van der Waals surface area contributed by atoms with Crippen molar-refractivity contribution in [2.45, 2.75) is 31.8 Å². The SMILES string of the molecule is CC(c1ccccn1)N(C)C1CC1. The maximum absolute atomic E-state index is 4.37. The molecule has 70 valence electrons. The Kier molecular flexibility index (Phi) is 2.32. The number of pyridine rings is 1. The van der Waals surface area contributed by atoms with Gasteiger partial charge in [-0.05, 0) is 38.9 Å². The summed E-state index contributed by atoms with van der Waals surface area (Å²) < 4.78 is 0. The zero-order valence-corrected chi connectivity index (χ0v) is 8.27. The van der Waals surface area contributed by atoms with Crippen LogP contribution < -0.4 is 0 Å². The van der Waals surface area contributed by atoms with E-state index in [0.717, 1.165) is 6.04 Å². The first-order chi connectivity index (χ1) is 6.29. The average molecular weight is 176 g/mol. The normalized spacial score (nSPS) is 19.0. The molecule has 0 saturated heterocycles. The van der Waals surface area contributed by atoms with Crippen molar-refractivity contribution in [3.8, 4) is 0 Å². The molecule has 1 aromatic heterocycles. The predicted molar refractivity (Wildman–Crippen MR) is 53.4 cm³/mol. The average Bonchev–Trinajstić information content (AvgIpc) is 3.00. The fourth-order valence-electron chi connectivity index (χ4n) is 1.63. The van der Waals surface area contributed by atoms with Gasteiger partial charge in [-0.25, -0.2) is 0 Å². The van der Waals surface area contributed by atoms with Crippen LogP contribution in [0.15, 0.2) is 24.4 Å². The van der Waals surface area contributed by atoms with Gasteiger partial charge in [-0.2, -0.15) is 0 Å². The summed E-state index contributed by atoms with van der Waals surface area (Å²) in [6.45, 7) is 2.22. The van der Waals surface area contributed by atoms with Crippen LogP contribution >= 0.6 is 0 Å². The van der Waals surface area contributed by atoms with E-state index in [4.69, 9.17) is 0 Å². The molecule has 1 aliphatic rings. The van der Waals surface area contributed by atoms with Crippen LogP contribution in [0.5, 0.6) is 0 Å². The highest BCUT2D eigenvalue weighted by Gasteiger charge is 2.29. The Balaban J connectivity index is 2.07. The molecule has 1 unspecified atom stereocenters. The van der Waals surface area contributed by atoms with Gasteiger partial charge in [0.05, 0.1) is 5.69 Å². The van der Waals surface area contributed by atoms with Crippen molar-refractivity contribution in [3.63, 3.8) is 0 Å². The summed E-state index contributed by atoms with van der Waals surface area (Å²) in [4.78, 5) is 6.79. The lowest BCUT2D eigenvalue weighted by Crippen LogP contribution is -2.25. The van der Waals surface area contributed by atoms with Crippen LogP contribution in [-0.4, -0.2) is 23.0 Å². The van der Waals surface area contributed by atoms with E-state index in [-0.39, 0.29) is 0 Å². The van der Waals surface area contributed by atoms with Crippen molar-refractivity contribution in [3.05, 3.63) is 30.1 Å². The van der Waals surface area contributed by atoms with Gasteiger partial charge >= 0.3 is 0 Å². The van der Waals surface area contributed by atoms with Crippen LogP contribution in [0, 0.1) is 0 Å². The molecule has 0 aromatic carbocycles. The first kappa shape index (κ1) is 8.70. The lowest BCUT2D eigenvalue weighted by molar-refractivity contribution is 0.247. The second-order valence-corrected chi connectivity index (χ2v) is 3.83. The van der Waals surface area contributed by atoms with Crippen molar-refractivity contribution in [2.24, 2.45) is 0 Å². The van der Waals surface area contributed by atoms with E-state index in [1.165, 1.54) is 18.5 Å². The molecule has 0 aliphatic heterocycles. The Morgan fingerprint density at radius 2 is 2.23 bits per heavy atom. The quantitative estimate of drug-likeness (QED) is 0.702. The number of aromatic nitrogens is 1. The molecule has 2 nitrogen and oxygen atoms in total. The topological polar surface area (TPSA) is 16.1 Å². The Morgan fingerprint density at radius 1 is 1.46 bits per heavy atom. The maximum atomic E-state index is 4.37. The van der Waals surface area contributed by atoms with Gasteiger partial charge in [-0.15, -0.1) is 0 Å². The molecule has 1 atom stereocenters. The van der Waals surface area contributed by atoms with Crippen LogP contribution in [0.2, 0.25) is 0 Å². The Labute approximate surface area is 79.6 Å². The van der Waals surface area contributed by atoms with E-state index in [2.05, 4.69) is 36.0 Å². The van der Waals surface area contributed by atoms with Crippen LogP contribution in [0.4, 0.5) is 0 Å². The van der Waals surface area contributed by atoms with Crippen LogP contribution in [0.1, 0.15) is 31.5 Å². The zero-order valence-electron chi connectivity index (χ0n) is 8.27. The minimum absolute atomic E-state index is 0.452. The number of hydrogen-bond donors (Lipinski definition) is 0. The highest BCUT2D eigenvalue weighted by atomic mass is 15.2. The summed E-state index contributed by atoms with van der Waals surface area (Å²) in [5.74, 6) is 0. The Bertz CT molecular complexity index is 267. The van der Waals surface area contributed by atoms with E-state index >= 15 is 0 Å². The largest absolute Gasteiger partial charge is 0.295 e. The molecule has 0 amide bonds. The summed E-state index contributed by atoms with van der Waals surface area (Å²) >= 11 is 0. The summed E-state index contributed by atoms with van der Waals surface area (Å²) in [5.41, 5.74) is 1.18. The number of nitrogens with zero attached hydrogens (tertiary/aromatic N) is 2. The highest BCUT2D eigenvalue weighted by Crippen LogP contribution is 2.31. The molecule has 1 fully saturated rings. The fourth-order valence-corrected chi connectivity index (χ4v) is 1.63. The molecule has 1 aromatic rings. The van der Waals surface area contributed by atoms with Gasteiger partial charge in [0.1, 0.15) is 0 Å². The summed E-state index contributed by atoms with van der Waals surface area (Å²) in [5, 5.41) is 0. The van der Waals surface area contributed by atoms with Crippen molar-refractivity contribution in [2.75, 3.05) is 7.05 Å². The van der Waals surface area contributed by atoms with Crippen LogP contribution in [-0.2, 0) is 0 Å². The molecular weight excluding hydrogens is 160 g/mol. The molecule has 2 rings (SSSR count). The molecule has 0 N–H and O–H groups in total. The van der Waals surface area contributed by atoms with Gasteiger partial charge < -0.3 is 0 Å². The molecule has 0 spiro atoms. The number of hydrogen-bond acceptors (Lipinski definition) is 2. The zero-order chi connectivity index (χ0) is 9.26. The van der Waals surface area contributed by atoms with Crippen molar-refractivity contribution in [1.29, 1.82) is 0 Å². The fraction of sp³-hybridized carbons (Fsp3) is 0.545. The summed E-state index contributed by atoms with van der Waals surface area (Å²) in [6, 6.07) is 7.38. The highest BCUT2D eigenvalue weighted by molar-refractivity contribution is 5.08. The molecular formula is C11H16N2. The molecule has 0 bridgehead atoms. The second-order valence-electron chi connectivity index (χ2n) is 3.83. The summed E-state index contributed by atoms with van der Waals surface area (Å²) in [6.07, 6.45) is 4.58. The van der Waals surface area contributed by atoms with E-state index in [1.807, 2.05) is 12.3 Å². The lowest BCUT2D eigenvalue weighted by Gasteiger charge is -2.23. The van der Waals surface area contributed by atoms with Gasteiger partial charge in [0.15, 0.2) is 0 Å². The van der Waals surface area contributed by atoms with Gasteiger partial charge in [-0.3, -0.25) is 9.88 Å². The lowest BCUT2D eigenvalue weighted by atomic mass is 10.2. The van der Waals surface area contributed by atoms with Crippen LogP contribution in [0.3, 0.4) is 0 Å². The Morgan fingerprint density at radius 3 is 2.77 bits per heavy atom. The molecule has 13 heavy (non-hydrogen) atoms. The molecule has 0 radical (unpaired) electrons. The molecule has 1 saturated carbocycles. The first-order valence-corrected chi connectivity index (χ1v) is 4.92. The minimum atomic E-state index is 0.452. The van der Waals surface area contributed by atoms with E-state index in [0.29, 0.717) is 6.04 Å². The third kappa shape index (κ3) is 1.89. The molecule has 2 heteroatoms. The minimum Gasteiger partial charge on any atom is -0.295 e. The van der Waals surface area contributed by atoms with Crippen molar-refractivity contribution in [1.82, 2.24) is 9.88 Å². The van der Waals surface area contributed by atoms with Gasteiger partial charge in [0.25, 0.3) is 0 Å². The first-order valence-electron chi connectivity index (χ1n) is 4.92.